The zero-order chi connectivity index (χ0) is 14.8. The van der Waals surface area contributed by atoms with Crippen LogP contribution in [0.25, 0.3) is 0 Å². The highest BCUT2D eigenvalue weighted by Crippen LogP contribution is 2.35. The van der Waals surface area contributed by atoms with E-state index in [2.05, 4.69) is 0 Å². The maximum absolute atomic E-state index is 13.9. The normalized spacial score (nSPS) is 23.5. The Balaban J connectivity index is 1.80. The fraction of sp³-hybridized carbons (Fsp3) is 0.588. The van der Waals surface area contributed by atoms with Crippen molar-refractivity contribution >= 4 is 17.5 Å². The number of carbonyl (C=O) groups excluding carboxylic acids is 1. The van der Waals surface area contributed by atoms with E-state index < -0.39 is 5.82 Å². The van der Waals surface area contributed by atoms with E-state index in [1.807, 2.05) is 4.90 Å². The number of rotatable bonds is 2. The van der Waals surface area contributed by atoms with Gasteiger partial charge in [-0.2, -0.15) is 0 Å². The highest BCUT2D eigenvalue weighted by Gasteiger charge is 2.36. The molecule has 1 unspecified atom stereocenters. The van der Waals surface area contributed by atoms with Gasteiger partial charge in [-0.15, -0.1) is 0 Å². The highest BCUT2D eigenvalue weighted by molar-refractivity contribution is 6.31. The molecule has 1 atom stereocenters. The summed E-state index contributed by atoms with van der Waals surface area (Å²) < 4.78 is 13.9. The maximum atomic E-state index is 13.9. The predicted molar refractivity (Wildman–Crippen MR) is 82.0 cm³/mol. The number of nitrogens with zero attached hydrogens (tertiary/aromatic N) is 1. The van der Waals surface area contributed by atoms with E-state index in [4.69, 9.17) is 11.6 Å². The minimum absolute atomic E-state index is 0.116. The summed E-state index contributed by atoms with van der Waals surface area (Å²) in [6.07, 6.45) is 8.30. The number of hydrogen-bond donors (Lipinski definition) is 0. The van der Waals surface area contributed by atoms with Crippen molar-refractivity contribution in [1.29, 1.82) is 0 Å². The van der Waals surface area contributed by atoms with Gasteiger partial charge in [0.1, 0.15) is 5.82 Å². The molecule has 1 aromatic carbocycles. The third-order valence-corrected chi connectivity index (χ3v) is 5.15. The topological polar surface area (TPSA) is 20.3 Å². The fourth-order valence-corrected chi connectivity index (χ4v) is 4.04. The smallest absolute Gasteiger partial charge is 0.257 e. The Morgan fingerprint density at radius 3 is 2.67 bits per heavy atom. The van der Waals surface area contributed by atoms with Gasteiger partial charge in [-0.3, -0.25) is 4.79 Å². The minimum atomic E-state index is -0.473. The average molecular weight is 310 g/mol. The molecule has 2 fully saturated rings. The van der Waals surface area contributed by atoms with Crippen molar-refractivity contribution in [3.05, 3.63) is 34.6 Å². The molecule has 0 spiro atoms. The van der Waals surface area contributed by atoms with Crippen molar-refractivity contribution in [2.45, 2.75) is 51.0 Å². The van der Waals surface area contributed by atoms with Gasteiger partial charge in [0.15, 0.2) is 0 Å². The Morgan fingerprint density at radius 1 is 1.14 bits per heavy atom. The lowest BCUT2D eigenvalue weighted by Gasteiger charge is -2.34. The Labute approximate surface area is 130 Å². The van der Waals surface area contributed by atoms with E-state index in [9.17, 15) is 9.18 Å². The molecular weight excluding hydrogens is 289 g/mol. The molecule has 4 heteroatoms. The average Bonchev–Trinajstić information content (AvgIpc) is 2.99. The van der Waals surface area contributed by atoms with Gasteiger partial charge in [-0.1, -0.05) is 30.9 Å². The van der Waals surface area contributed by atoms with Crippen molar-refractivity contribution < 1.29 is 9.18 Å². The summed E-state index contributed by atoms with van der Waals surface area (Å²) >= 11 is 5.92. The molecule has 1 saturated carbocycles. The Kier molecular flexibility index (Phi) is 4.48. The van der Waals surface area contributed by atoms with Crippen LogP contribution in [0.3, 0.4) is 0 Å². The van der Waals surface area contributed by atoms with Gasteiger partial charge in [0, 0.05) is 17.6 Å². The second-order valence-corrected chi connectivity index (χ2v) is 6.67. The van der Waals surface area contributed by atoms with Gasteiger partial charge >= 0.3 is 0 Å². The van der Waals surface area contributed by atoms with Gasteiger partial charge in [-0.25, -0.2) is 4.39 Å². The summed E-state index contributed by atoms with van der Waals surface area (Å²) in [5, 5.41) is 0.410. The molecule has 3 rings (SSSR count). The summed E-state index contributed by atoms with van der Waals surface area (Å²) in [6, 6.07) is 4.50. The first kappa shape index (κ1) is 14.8. The van der Waals surface area contributed by atoms with E-state index in [1.165, 1.54) is 50.3 Å². The second kappa shape index (κ2) is 6.35. The molecule has 0 radical (unpaired) electrons. The van der Waals surface area contributed by atoms with Crippen molar-refractivity contribution in [1.82, 2.24) is 4.90 Å². The lowest BCUT2D eigenvalue weighted by atomic mass is 9.83. The van der Waals surface area contributed by atoms with E-state index in [-0.39, 0.29) is 17.5 Å². The van der Waals surface area contributed by atoms with E-state index in [0.29, 0.717) is 10.9 Å². The summed E-state index contributed by atoms with van der Waals surface area (Å²) in [7, 11) is 0. The molecule has 0 aromatic heterocycles. The largest absolute Gasteiger partial charge is 0.335 e. The van der Waals surface area contributed by atoms with Gasteiger partial charge in [0.25, 0.3) is 5.91 Å². The molecule has 1 heterocycles. The number of benzene rings is 1. The zero-order valence-electron chi connectivity index (χ0n) is 12.2. The molecule has 0 N–H and O–H groups in total. The molecule has 2 nitrogen and oxygen atoms in total. The van der Waals surface area contributed by atoms with Gasteiger partial charge in [0.2, 0.25) is 0 Å². The molecule has 1 amide bonds. The standard InChI is InChI=1S/C17H21ClFNO/c18-13-8-9-15(19)14(11-13)17(21)20-10-4-7-16(20)12-5-2-1-3-6-12/h8-9,11-12,16H,1-7,10H2. The van der Waals surface area contributed by atoms with Gasteiger partial charge < -0.3 is 4.90 Å². The van der Waals surface area contributed by atoms with Crippen molar-refractivity contribution in [3.8, 4) is 0 Å². The summed E-state index contributed by atoms with van der Waals surface area (Å²) in [6.45, 7) is 0.742. The van der Waals surface area contributed by atoms with E-state index in [1.54, 1.807) is 0 Å². The second-order valence-electron chi connectivity index (χ2n) is 6.23. The molecule has 1 saturated heterocycles. The zero-order valence-corrected chi connectivity index (χ0v) is 12.9. The Bertz CT molecular complexity index is 528. The summed E-state index contributed by atoms with van der Waals surface area (Å²) in [5.41, 5.74) is 0.116. The molecular formula is C17H21ClFNO. The first-order valence-corrected chi connectivity index (χ1v) is 8.30. The van der Waals surface area contributed by atoms with Crippen LogP contribution in [0.5, 0.6) is 0 Å². The molecule has 114 valence electrons. The minimum Gasteiger partial charge on any atom is -0.335 e. The Morgan fingerprint density at radius 2 is 1.90 bits per heavy atom. The van der Waals surface area contributed by atoms with Gasteiger partial charge in [-0.05, 0) is 49.8 Å². The number of halogens is 2. The summed E-state index contributed by atoms with van der Waals surface area (Å²) in [5.74, 6) is -0.0748. The van der Waals surface area contributed by atoms with Crippen LogP contribution in [0.4, 0.5) is 4.39 Å². The molecule has 0 bridgehead atoms. The first-order valence-electron chi connectivity index (χ1n) is 7.93. The molecule has 2 aliphatic rings. The number of likely N-dealkylation sites (tertiary alicyclic amines) is 1. The van der Waals surface area contributed by atoms with Crippen LogP contribution in [0.1, 0.15) is 55.3 Å². The number of hydrogen-bond acceptors (Lipinski definition) is 1. The number of amides is 1. The Hall–Kier alpha value is -1.09. The molecule has 1 aliphatic heterocycles. The van der Waals surface area contributed by atoms with Crippen LogP contribution in [-0.2, 0) is 0 Å². The van der Waals surface area contributed by atoms with Crippen LogP contribution in [0.2, 0.25) is 5.02 Å². The lowest BCUT2D eigenvalue weighted by Crippen LogP contribution is -2.41. The number of carbonyl (C=O) groups is 1. The maximum Gasteiger partial charge on any atom is 0.257 e. The van der Waals surface area contributed by atoms with Crippen LogP contribution >= 0.6 is 11.6 Å². The molecule has 1 aliphatic carbocycles. The molecule has 1 aromatic rings. The fourth-order valence-electron chi connectivity index (χ4n) is 3.87. The monoisotopic (exact) mass is 309 g/mol. The van der Waals surface area contributed by atoms with Crippen molar-refractivity contribution in [3.63, 3.8) is 0 Å². The third-order valence-electron chi connectivity index (χ3n) is 4.91. The van der Waals surface area contributed by atoms with Crippen LogP contribution in [0, 0.1) is 11.7 Å². The van der Waals surface area contributed by atoms with Crippen LogP contribution in [0.15, 0.2) is 18.2 Å². The quantitative estimate of drug-likeness (QED) is 0.778. The first-order chi connectivity index (χ1) is 10.2. The van der Waals surface area contributed by atoms with Crippen LogP contribution < -0.4 is 0 Å². The van der Waals surface area contributed by atoms with Gasteiger partial charge in [0.05, 0.1) is 5.56 Å². The SMILES string of the molecule is O=C(c1cc(Cl)ccc1F)N1CCCC1C1CCCCC1. The van der Waals surface area contributed by atoms with E-state index >= 15 is 0 Å². The molecule has 21 heavy (non-hydrogen) atoms. The highest BCUT2D eigenvalue weighted by atomic mass is 35.5. The lowest BCUT2D eigenvalue weighted by molar-refractivity contribution is 0.0657. The summed E-state index contributed by atoms with van der Waals surface area (Å²) in [4.78, 5) is 14.6. The van der Waals surface area contributed by atoms with Crippen molar-refractivity contribution in [2.24, 2.45) is 5.92 Å². The van der Waals surface area contributed by atoms with E-state index in [0.717, 1.165) is 19.4 Å². The third kappa shape index (κ3) is 3.08. The van der Waals surface area contributed by atoms with Crippen LogP contribution in [-0.4, -0.2) is 23.4 Å². The predicted octanol–water partition coefficient (Wildman–Crippen LogP) is 4.66. The van der Waals surface area contributed by atoms with Crippen molar-refractivity contribution in [2.75, 3.05) is 6.54 Å².